The molecule has 6 aromatic carbocycles. The molecule has 2 aliphatic heterocycles. The van der Waals surface area contributed by atoms with Crippen LogP contribution in [0.4, 0.5) is 34.1 Å². The van der Waals surface area contributed by atoms with E-state index < -0.39 is 0 Å². The van der Waals surface area contributed by atoms with Crippen LogP contribution in [0.25, 0.3) is 11.4 Å². The van der Waals surface area contributed by atoms with Gasteiger partial charge in [0.15, 0.2) is 0 Å². The van der Waals surface area contributed by atoms with Crippen molar-refractivity contribution < 1.29 is 18.9 Å². The molecule has 0 amide bonds. The van der Waals surface area contributed by atoms with Gasteiger partial charge in [0, 0.05) is 89.9 Å². The van der Waals surface area contributed by atoms with Gasteiger partial charge in [-0.05, 0) is 146 Å². The Labute approximate surface area is 378 Å². The molecule has 0 N–H and O–H groups in total. The predicted molar refractivity (Wildman–Crippen MR) is 258 cm³/mol. The Bertz CT molecular complexity index is 2530. The normalized spacial score (nSPS) is 12.8. The van der Waals surface area contributed by atoms with Crippen LogP contribution in [0.3, 0.4) is 0 Å². The second-order valence-electron chi connectivity index (χ2n) is 14.3. The Kier molecular flexibility index (Phi) is 11.1. The summed E-state index contributed by atoms with van der Waals surface area (Å²) in [4.78, 5) is 9.58. The third kappa shape index (κ3) is 7.91. The summed E-state index contributed by atoms with van der Waals surface area (Å²) in [7, 11) is 6.75. The molecule has 2 aliphatic rings. The van der Waals surface area contributed by atoms with Crippen LogP contribution in [0.1, 0.15) is 0 Å². The van der Waals surface area contributed by atoms with Gasteiger partial charge < -0.3 is 37.9 Å². The first-order chi connectivity index (χ1) is 30.5. The molecule has 2 aromatic heterocycles. The minimum atomic E-state index is 0.821. The van der Waals surface area contributed by atoms with Crippen LogP contribution in [0.2, 0.25) is 0 Å². The average Bonchev–Trinajstić information content (AvgIpc) is 4.12. The fourth-order valence-electron chi connectivity index (χ4n) is 7.41. The molecule has 0 fully saturated rings. The van der Waals surface area contributed by atoms with Crippen LogP contribution in [0.5, 0.6) is 23.0 Å². The lowest BCUT2D eigenvalue weighted by Crippen LogP contribution is -2.10. The second-order valence-corrected chi connectivity index (χ2v) is 19.0. The van der Waals surface area contributed by atoms with Crippen molar-refractivity contribution >= 4 is 81.2 Å². The predicted octanol–water partition coefficient (Wildman–Crippen LogP) is 14.5. The largest absolute Gasteiger partial charge is 0.497 e. The topological polar surface area (TPSA) is 53.3 Å². The van der Waals surface area contributed by atoms with Gasteiger partial charge in [0.2, 0.25) is 0 Å². The first kappa shape index (κ1) is 39.9. The van der Waals surface area contributed by atoms with Gasteiger partial charge in [-0.25, -0.2) is 0 Å². The maximum Gasteiger partial charge on any atom is 0.119 e. The standard InChI is InChI=1S/C50H40N4O4S4/c1-55-41-21-13-37(14-22-41)53(38-15-23-42(56-2)24-16-38)35-9-5-33(6-10-35)51-29-45-46(30-51)60-49(59-45)50-61-47-31-52(32-48(47)62-50)34-7-11-36(12-8-34)54(39-17-25-43(57-3)26-18-39)40-19-27-44(58-4)28-20-40/h5-32H,1-4H3. The Morgan fingerprint density at radius 2 is 0.516 bits per heavy atom. The monoisotopic (exact) mass is 888 g/mol. The second kappa shape index (κ2) is 17.3. The first-order valence-corrected chi connectivity index (χ1v) is 23.0. The molecule has 10 rings (SSSR count). The molecule has 308 valence electrons. The number of nitrogens with zero attached hydrogens (tertiary/aromatic N) is 4. The third-order valence-corrected chi connectivity index (χ3v) is 16.1. The minimum absolute atomic E-state index is 0.821. The van der Waals surface area contributed by atoms with Crippen LogP contribution in [0, 0.1) is 0 Å². The molecule has 0 saturated carbocycles. The molecule has 0 atom stereocenters. The number of methoxy groups -OCH3 is 4. The van der Waals surface area contributed by atoms with E-state index >= 15 is 0 Å². The molecule has 8 nitrogen and oxygen atoms in total. The highest BCUT2D eigenvalue weighted by atomic mass is 32.2. The van der Waals surface area contributed by atoms with Crippen molar-refractivity contribution in [3.05, 3.63) is 179 Å². The van der Waals surface area contributed by atoms with Gasteiger partial charge in [0.25, 0.3) is 0 Å². The molecule has 8 aromatic rings. The summed E-state index contributed by atoms with van der Waals surface area (Å²) >= 11 is 7.45. The zero-order valence-corrected chi connectivity index (χ0v) is 37.5. The van der Waals surface area contributed by atoms with Crippen LogP contribution in [-0.2, 0) is 0 Å². The SMILES string of the molecule is COc1ccc(N(c2ccc(OC)cc2)c2ccc(-n3cc4c(c3)SC(=C3Sc5cn(-c6ccc(N(c7ccc(OC)cc7)c7ccc(OC)cc7)cc6)cc5S3)S4)cc2)cc1. The molecule has 0 unspecified atom stereocenters. The van der Waals surface area contributed by atoms with Crippen LogP contribution >= 0.6 is 47.0 Å². The smallest absolute Gasteiger partial charge is 0.119 e. The summed E-state index contributed by atoms with van der Waals surface area (Å²) in [5, 5.41) is 0. The Hall–Kier alpha value is -6.18. The van der Waals surface area contributed by atoms with Gasteiger partial charge in [-0.15, -0.1) is 0 Å². The number of rotatable bonds is 12. The summed E-state index contributed by atoms with van der Waals surface area (Å²) < 4.78 is 28.9. The lowest BCUT2D eigenvalue weighted by atomic mass is 10.1. The summed E-state index contributed by atoms with van der Waals surface area (Å²) in [5.41, 5.74) is 8.49. The van der Waals surface area contributed by atoms with Gasteiger partial charge in [-0.2, -0.15) is 0 Å². The Morgan fingerprint density at radius 3 is 0.726 bits per heavy atom. The number of aromatic nitrogens is 2. The van der Waals surface area contributed by atoms with Crippen molar-refractivity contribution in [2.24, 2.45) is 0 Å². The van der Waals surface area contributed by atoms with Gasteiger partial charge >= 0.3 is 0 Å². The maximum atomic E-state index is 5.43. The van der Waals surface area contributed by atoms with Crippen molar-refractivity contribution in [1.82, 2.24) is 9.13 Å². The lowest BCUT2D eigenvalue weighted by molar-refractivity contribution is 0.414. The first-order valence-electron chi connectivity index (χ1n) is 19.7. The van der Waals surface area contributed by atoms with Crippen molar-refractivity contribution in [2.75, 3.05) is 38.2 Å². The van der Waals surface area contributed by atoms with Gasteiger partial charge in [-0.1, -0.05) is 47.0 Å². The lowest BCUT2D eigenvalue weighted by Gasteiger charge is -2.26. The van der Waals surface area contributed by atoms with E-state index in [0.717, 1.165) is 68.5 Å². The molecule has 0 saturated heterocycles. The number of hydrogen-bond acceptors (Lipinski definition) is 10. The van der Waals surface area contributed by atoms with Crippen molar-refractivity contribution in [1.29, 1.82) is 0 Å². The highest BCUT2D eigenvalue weighted by Gasteiger charge is 2.29. The highest BCUT2D eigenvalue weighted by molar-refractivity contribution is 8.30. The average molecular weight is 889 g/mol. The van der Waals surface area contributed by atoms with Crippen molar-refractivity contribution in [3.8, 4) is 34.4 Å². The number of benzene rings is 6. The van der Waals surface area contributed by atoms with E-state index in [1.807, 2.05) is 95.6 Å². The van der Waals surface area contributed by atoms with E-state index in [0.29, 0.717) is 0 Å². The fraction of sp³-hybridized carbons (Fsp3) is 0.0800. The van der Waals surface area contributed by atoms with Gasteiger partial charge in [0.1, 0.15) is 23.0 Å². The molecular formula is C50H40N4O4S4. The summed E-state index contributed by atoms with van der Waals surface area (Å²) in [6, 6.07) is 49.9. The van der Waals surface area contributed by atoms with Crippen LogP contribution < -0.4 is 28.7 Å². The van der Waals surface area contributed by atoms with Gasteiger partial charge in [-0.3, -0.25) is 0 Å². The van der Waals surface area contributed by atoms with Crippen LogP contribution in [-0.4, -0.2) is 37.6 Å². The molecular weight excluding hydrogens is 849 g/mol. The van der Waals surface area contributed by atoms with E-state index in [4.69, 9.17) is 18.9 Å². The molecule has 62 heavy (non-hydrogen) atoms. The Balaban J connectivity index is 0.827. The third-order valence-electron chi connectivity index (χ3n) is 10.6. The van der Waals surface area contributed by atoms with E-state index in [-0.39, 0.29) is 0 Å². The molecule has 12 heteroatoms. The van der Waals surface area contributed by atoms with E-state index in [9.17, 15) is 0 Å². The summed E-state index contributed by atoms with van der Waals surface area (Å²) in [6.07, 6.45) is 9.00. The van der Waals surface area contributed by atoms with E-state index in [1.54, 1.807) is 28.4 Å². The zero-order chi connectivity index (χ0) is 42.2. The maximum absolute atomic E-state index is 5.43. The molecule has 0 bridgehead atoms. The summed E-state index contributed by atoms with van der Waals surface area (Å²) in [6.45, 7) is 0. The van der Waals surface area contributed by atoms with Crippen molar-refractivity contribution in [2.45, 2.75) is 19.6 Å². The van der Waals surface area contributed by atoms with Gasteiger partial charge in [0.05, 0.1) is 36.9 Å². The molecule has 0 spiro atoms. The van der Waals surface area contributed by atoms with Crippen molar-refractivity contribution in [3.63, 3.8) is 0 Å². The number of thioether (sulfide) groups is 4. The fourth-order valence-corrected chi connectivity index (χ4v) is 12.7. The summed E-state index contributed by atoms with van der Waals surface area (Å²) in [5.74, 6) is 3.28. The number of hydrogen-bond donors (Lipinski definition) is 0. The quantitative estimate of drug-likeness (QED) is 0.119. The highest BCUT2D eigenvalue weighted by Crippen LogP contribution is 2.62. The molecule has 4 heterocycles. The number of fused-ring (bicyclic) bond motifs is 2. The molecule has 0 aliphatic carbocycles. The number of anilines is 6. The van der Waals surface area contributed by atoms with E-state index in [1.165, 1.54) is 28.1 Å². The van der Waals surface area contributed by atoms with Crippen LogP contribution in [0.15, 0.2) is 198 Å². The zero-order valence-electron chi connectivity index (χ0n) is 34.2. The molecule has 0 radical (unpaired) electrons. The minimum Gasteiger partial charge on any atom is -0.497 e. The van der Waals surface area contributed by atoms with E-state index in [2.05, 4.69) is 141 Å². The number of ether oxygens (including phenoxy) is 4. The Morgan fingerprint density at radius 1 is 0.306 bits per heavy atom.